The molecule has 18 heavy (non-hydrogen) atoms. The van der Waals surface area contributed by atoms with E-state index in [2.05, 4.69) is 0 Å². The van der Waals surface area contributed by atoms with Gasteiger partial charge in [0.15, 0.2) is 0 Å². The summed E-state index contributed by atoms with van der Waals surface area (Å²) >= 11 is 0. The summed E-state index contributed by atoms with van der Waals surface area (Å²) in [4.78, 5) is 10.3. The zero-order chi connectivity index (χ0) is 13.9. The van der Waals surface area contributed by atoms with Gasteiger partial charge in [-0.2, -0.15) is 13.2 Å². The second-order valence-electron chi connectivity index (χ2n) is 3.57. The van der Waals surface area contributed by atoms with E-state index in [9.17, 15) is 26.7 Å². The van der Waals surface area contributed by atoms with E-state index < -0.39 is 48.1 Å². The summed E-state index contributed by atoms with van der Waals surface area (Å²) < 4.78 is 63.2. The summed E-state index contributed by atoms with van der Waals surface area (Å²) in [5, 5.41) is 8.42. The molecular formula is C11H9F5O2. The summed E-state index contributed by atoms with van der Waals surface area (Å²) in [6.07, 6.45) is -9.17. The number of alkyl halides is 5. The molecule has 0 saturated carbocycles. The van der Waals surface area contributed by atoms with Gasteiger partial charge in [-0.1, -0.05) is 18.2 Å². The maximum absolute atomic E-state index is 12.7. The van der Waals surface area contributed by atoms with Crippen LogP contribution in [-0.4, -0.2) is 11.1 Å². The van der Waals surface area contributed by atoms with E-state index in [4.69, 9.17) is 5.11 Å². The second kappa shape index (κ2) is 5.32. The summed E-state index contributed by atoms with van der Waals surface area (Å²) in [5.41, 5.74) is -2.98. The molecule has 1 aromatic rings. The molecule has 0 amide bonds. The number of hydrogen-bond donors (Lipinski definition) is 1. The Hall–Kier alpha value is -1.66. The molecule has 0 fully saturated rings. The number of aryl methyl sites for hydroxylation is 1. The van der Waals surface area contributed by atoms with Gasteiger partial charge in [-0.25, -0.2) is 8.78 Å². The van der Waals surface area contributed by atoms with Crippen LogP contribution in [0.3, 0.4) is 0 Å². The number of aliphatic carboxylic acids is 1. The van der Waals surface area contributed by atoms with Crippen molar-refractivity contribution in [1.29, 1.82) is 0 Å². The molecule has 0 aliphatic heterocycles. The van der Waals surface area contributed by atoms with Gasteiger partial charge in [-0.05, 0) is 12.0 Å². The van der Waals surface area contributed by atoms with Crippen molar-refractivity contribution in [2.24, 2.45) is 0 Å². The van der Waals surface area contributed by atoms with E-state index >= 15 is 0 Å². The van der Waals surface area contributed by atoms with E-state index in [1.165, 1.54) is 0 Å². The standard InChI is InChI=1S/C11H9F5O2/c12-10(13)7-3-1-2-6(4-5-8(17)18)9(7)11(14,15)16/h1-3,10H,4-5H2,(H,17,18). The lowest BCUT2D eigenvalue weighted by atomic mass is 9.97. The Morgan fingerprint density at radius 3 is 2.33 bits per heavy atom. The van der Waals surface area contributed by atoms with Crippen molar-refractivity contribution >= 4 is 5.97 Å². The average Bonchev–Trinajstić information content (AvgIpc) is 2.24. The highest BCUT2D eigenvalue weighted by Crippen LogP contribution is 2.38. The van der Waals surface area contributed by atoms with Gasteiger partial charge in [0.25, 0.3) is 6.43 Å². The largest absolute Gasteiger partial charge is 0.481 e. The highest BCUT2D eigenvalue weighted by molar-refractivity contribution is 5.67. The van der Waals surface area contributed by atoms with Crippen LogP contribution in [-0.2, 0) is 17.4 Å². The van der Waals surface area contributed by atoms with Crippen molar-refractivity contribution in [3.63, 3.8) is 0 Å². The molecule has 0 unspecified atom stereocenters. The highest BCUT2D eigenvalue weighted by atomic mass is 19.4. The molecule has 1 aromatic carbocycles. The molecule has 0 aromatic heterocycles. The minimum Gasteiger partial charge on any atom is -0.481 e. The summed E-state index contributed by atoms with van der Waals surface area (Å²) in [5.74, 6) is -1.29. The molecule has 0 atom stereocenters. The van der Waals surface area contributed by atoms with Gasteiger partial charge in [0.05, 0.1) is 5.56 Å². The molecule has 0 aliphatic rings. The molecule has 2 nitrogen and oxygen atoms in total. The number of carboxylic acid groups (broad SMARTS) is 1. The maximum atomic E-state index is 12.7. The van der Waals surface area contributed by atoms with Crippen molar-refractivity contribution in [1.82, 2.24) is 0 Å². The molecule has 0 spiro atoms. The lowest BCUT2D eigenvalue weighted by molar-refractivity contribution is -0.141. The van der Waals surface area contributed by atoms with E-state index in [1.807, 2.05) is 0 Å². The van der Waals surface area contributed by atoms with Crippen molar-refractivity contribution < 1.29 is 31.9 Å². The maximum Gasteiger partial charge on any atom is 0.417 e. The first-order chi connectivity index (χ1) is 8.23. The third kappa shape index (κ3) is 3.41. The van der Waals surface area contributed by atoms with Crippen LogP contribution >= 0.6 is 0 Å². The van der Waals surface area contributed by atoms with Gasteiger partial charge in [-0.15, -0.1) is 0 Å². The Kier molecular flexibility index (Phi) is 4.26. The Balaban J connectivity index is 3.24. The van der Waals surface area contributed by atoms with Crippen molar-refractivity contribution in [3.8, 4) is 0 Å². The Bertz CT molecular complexity index is 440. The second-order valence-corrected chi connectivity index (χ2v) is 3.57. The monoisotopic (exact) mass is 268 g/mol. The van der Waals surface area contributed by atoms with E-state index in [0.29, 0.717) is 6.07 Å². The normalized spacial score (nSPS) is 11.9. The first-order valence-corrected chi connectivity index (χ1v) is 4.92. The Morgan fingerprint density at radius 2 is 1.89 bits per heavy atom. The van der Waals surface area contributed by atoms with Crippen LogP contribution in [0.1, 0.15) is 29.5 Å². The molecule has 0 aliphatic carbocycles. The molecule has 0 heterocycles. The van der Waals surface area contributed by atoms with E-state index in [1.54, 1.807) is 0 Å². The predicted molar refractivity (Wildman–Crippen MR) is 52.4 cm³/mol. The summed E-state index contributed by atoms with van der Waals surface area (Å²) in [6, 6.07) is 2.77. The molecular weight excluding hydrogens is 259 g/mol. The molecule has 1 N–H and O–H groups in total. The van der Waals surface area contributed by atoms with Crippen molar-refractivity contribution in [2.45, 2.75) is 25.4 Å². The number of benzene rings is 1. The molecule has 0 saturated heterocycles. The van der Waals surface area contributed by atoms with Gasteiger partial charge >= 0.3 is 12.1 Å². The number of carbonyl (C=O) groups is 1. The molecule has 0 radical (unpaired) electrons. The van der Waals surface area contributed by atoms with Crippen LogP contribution < -0.4 is 0 Å². The van der Waals surface area contributed by atoms with Crippen molar-refractivity contribution in [3.05, 3.63) is 34.9 Å². The molecule has 100 valence electrons. The average molecular weight is 268 g/mol. The van der Waals surface area contributed by atoms with Gasteiger partial charge in [0.2, 0.25) is 0 Å². The fourth-order valence-corrected chi connectivity index (χ4v) is 1.60. The smallest absolute Gasteiger partial charge is 0.417 e. The van der Waals surface area contributed by atoms with Crippen LogP contribution in [0.5, 0.6) is 0 Å². The fraction of sp³-hybridized carbons (Fsp3) is 0.364. The summed E-state index contributed by atoms with van der Waals surface area (Å²) in [7, 11) is 0. The highest BCUT2D eigenvalue weighted by Gasteiger charge is 2.37. The fourth-order valence-electron chi connectivity index (χ4n) is 1.60. The summed E-state index contributed by atoms with van der Waals surface area (Å²) in [6.45, 7) is 0. The predicted octanol–water partition coefficient (Wildman–Crippen LogP) is 3.66. The van der Waals surface area contributed by atoms with Crippen LogP contribution in [0, 0.1) is 0 Å². The Morgan fingerprint density at radius 1 is 1.28 bits per heavy atom. The van der Waals surface area contributed by atoms with Gasteiger partial charge in [-0.3, -0.25) is 4.79 Å². The van der Waals surface area contributed by atoms with Crippen LogP contribution in [0.2, 0.25) is 0 Å². The van der Waals surface area contributed by atoms with Crippen LogP contribution in [0.25, 0.3) is 0 Å². The number of rotatable bonds is 4. The third-order valence-electron chi connectivity index (χ3n) is 2.31. The lowest BCUT2D eigenvalue weighted by Gasteiger charge is -2.16. The topological polar surface area (TPSA) is 37.3 Å². The molecule has 0 bridgehead atoms. The minimum atomic E-state index is -4.93. The molecule has 1 rings (SSSR count). The van der Waals surface area contributed by atoms with Gasteiger partial charge < -0.3 is 5.11 Å². The van der Waals surface area contributed by atoms with E-state index in [0.717, 1.165) is 12.1 Å². The van der Waals surface area contributed by atoms with Crippen LogP contribution in [0.15, 0.2) is 18.2 Å². The van der Waals surface area contributed by atoms with E-state index in [-0.39, 0.29) is 0 Å². The zero-order valence-electron chi connectivity index (χ0n) is 8.97. The number of halogens is 5. The number of hydrogen-bond acceptors (Lipinski definition) is 1. The zero-order valence-corrected chi connectivity index (χ0v) is 8.97. The number of carboxylic acids is 1. The SMILES string of the molecule is O=C(O)CCc1cccc(C(F)F)c1C(F)(F)F. The third-order valence-corrected chi connectivity index (χ3v) is 2.31. The van der Waals surface area contributed by atoms with Crippen LogP contribution in [0.4, 0.5) is 22.0 Å². The van der Waals surface area contributed by atoms with Gasteiger partial charge in [0, 0.05) is 12.0 Å². The Labute approximate surface area is 99.0 Å². The first kappa shape index (κ1) is 14.4. The molecule has 7 heteroatoms. The minimum absolute atomic E-state index is 0.428. The first-order valence-electron chi connectivity index (χ1n) is 4.92. The lowest BCUT2D eigenvalue weighted by Crippen LogP contribution is -2.14. The van der Waals surface area contributed by atoms with Gasteiger partial charge in [0.1, 0.15) is 0 Å². The van der Waals surface area contributed by atoms with Crippen molar-refractivity contribution in [2.75, 3.05) is 0 Å². The quantitative estimate of drug-likeness (QED) is 0.846.